The zero-order valence-corrected chi connectivity index (χ0v) is 12.0. The maximum absolute atomic E-state index is 12.1. The monoisotopic (exact) mass is 270 g/mol. The number of rotatable bonds is 5. The summed E-state index contributed by atoms with van der Waals surface area (Å²) in [6.45, 7) is 6.00. The molecule has 1 unspecified atom stereocenters. The largest absolute Gasteiger partial charge is 0.392 e. The molecular weight excluding hydrogens is 252 g/mol. The second kappa shape index (κ2) is 6.12. The highest BCUT2D eigenvalue weighted by Gasteiger charge is 2.21. The molecule has 17 heavy (non-hydrogen) atoms. The molecule has 1 aromatic heterocycles. The summed E-state index contributed by atoms with van der Waals surface area (Å²) in [5, 5.41) is 4.83. The van der Waals surface area contributed by atoms with E-state index < -0.39 is 0 Å². The van der Waals surface area contributed by atoms with Crippen LogP contribution in [0.25, 0.3) is 0 Å². The van der Waals surface area contributed by atoms with Gasteiger partial charge in [0.05, 0.1) is 15.9 Å². The van der Waals surface area contributed by atoms with Crippen LogP contribution in [0, 0.1) is 5.92 Å². The van der Waals surface area contributed by atoms with E-state index in [1.54, 1.807) is 0 Å². The molecule has 0 bridgehead atoms. The summed E-state index contributed by atoms with van der Waals surface area (Å²) in [4.78, 5) is 13.2. The van der Waals surface area contributed by atoms with Crippen LogP contribution in [-0.2, 0) is 6.42 Å². The zero-order valence-electron chi connectivity index (χ0n) is 10.3. The van der Waals surface area contributed by atoms with Gasteiger partial charge in [-0.05, 0) is 29.3 Å². The van der Waals surface area contributed by atoms with Gasteiger partial charge < -0.3 is 11.1 Å². The first-order valence-corrected chi connectivity index (χ1v) is 6.92. The summed E-state index contributed by atoms with van der Waals surface area (Å²) in [6.07, 6.45) is 0.853. The highest BCUT2D eigenvalue weighted by molar-refractivity contribution is 7.80. The molecule has 3 nitrogen and oxygen atoms in total. The van der Waals surface area contributed by atoms with E-state index in [2.05, 4.69) is 5.32 Å². The predicted molar refractivity (Wildman–Crippen MR) is 76.6 cm³/mol. The SMILES string of the molecule is CCc1ccsc1C(=O)NC(C(N)=S)C(C)C. The number of thiophene rings is 1. The highest BCUT2D eigenvalue weighted by Crippen LogP contribution is 2.17. The number of hydrogen-bond acceptors (Lipinski definition) is 3. The van der Waals surface area contributed by atoms with Crippen molar-refractivity contribution in [2.75, 3.05) is 0 Å². The van der Waals surface area contributed by atoms with Gasteiger partial charge in [-0.2, -0.15) is 0 Å². The van der Waals surface area contributed by atoms with Gasteiger partial charge in [-0.1, -0.05) is 33.0 Å². The van der Waals surface area contributed by atoms with E-state index in [9.17, 15) is 4.79 Å². The first-order valence-electron chi connectivity index (χ1n) is 5.63. The average Bonchev–Trinajstić information content (AvgIpc) is 2.72. The van der Waals surface area contributed by atoms with E-state index in [1.807, 2.05) is 32.2 Å². The third kappa shape index (κ3) is 3.51. The van der Waals surface area contributed by atoms with E-state index in [1.165, 1.54) is 11.3 Å². The Morgan fingerprint density at radius 1 is 1.59 bits per heavy atom. The van der Waals surface area contributed by atoms with E-state index in [0.717, 1.165) is 16.9 Å². The molecule has 0 saturated carbocycles. The second-order valence-electron chi connectivity index (χ2n) is 4.23. The number of amides is 1. The van der Waals surface area contributed by atoms with Crippen molar-refractivity contribution in [3.8, 4) is 0 Å². The van der Waals surface area contributed by atoms with Gasteiger partial charge in [-0.25, -0.2) is 0 Å². The molecule has 3 N–H and O–H groups in total. The summed E-state index contributed by atoms with van der Waals surface area (Å²) in [5.41, 5.74) is 6.70. The van der Waals surface area contributed by atoms with Gasteiger partial charge in [0.1, 0.15) is 0 Å². The van der Waals surface area contributed by atoms with E-state index in [4.69, 9.17) is 18.0 Å². The Bertz CT molecular complexity index is 412. The van der Waals surface area contributed by atoms with Crippen LogP contribution in [0.1, 0.15) is 36.0 Å². The molecule has 1 rings (SSSR count). The Kier molecular flexibility index (Phi) is 5.08. The van der Waals surface area contributed by atoms with E-state index >= 15 is 0 Å². The first kappa shape index (κ1) is 14.1. The first-order chi connectivity index (χ1) is 7.97. The van der Waals surface area contributed by atoms with Crippen LogP contribution in [0.4, 0.5) is 0 Å². The third-order valence-corrected chi connectivity index (χ3v) is 3.80. The normalized spacial score (nSPS) is 12.5. The van der Waals surface area contributed by atoms with E-state index in [-0.39, 0.29) is 17.9 Å². The Hall–Kier alpha value is -0.940. The lowest BCUT2D eigenvalue weighted by Crippen LogP contribution is -2.46. The average molecular weight is 270 g/mol. The quantitative estimate of drug-likeness (QED) is 0.808. The van der Waals surface area contributed by atoms with Crippen LogP contribution in [-0.4, -0.2) is 16.9 Å². The number of nitrogens with two attached hydrogens (primary N) is 1. The molecule has 1 aromatic rings. The summed E-state index contributed by atoms with van der Waals surface area (Å²) in [5.74, 6) is 0.116. The molecule has 5 heteroatoms. The van der Waals surface area contributed by atoms with Crippen molar-refractivity contribution in [2.45, 2.75) is 33.2 Å². The summed E-state index contributed by atoms with van der Waals surface area (Å²) >= 11 is 6.42. The van der Waals surface area contributed by atoms with Crippen molar-refractivity contribution in [3.63, 3.8) is 0 Å². The lowest BCUT2D eigenvalue weighted by molar-refractivity contribution is 0.0943. The number of nitrogens with one attached hydrogen (secondary N) is 1. The Labute approximate surface area is 111 Å². The smallest absolute Gasteiger partial charge is 0.262 e. The lowest BCUT2D eigenvalue weighted by Gasteiger charge is -2.20. The maximum Gasteiger partial charge on any atom is 0.262 e. The second-order valence-corrected chi connectivity index (χ2v) is 5.61. The van der Waals surface area contributed by atoms with Gasteiger partial charge in [-0.3, -0.25) is 4.79 Å². The van der Waals surface area contributed by atoms with Gasteiger partial charge in [0, 0.05) is 0 Å². The van der Waals surface area contributed by atoms with Crippen molar-refractivity contribution in [2.24, 2.45) is 11.7 Å². The molecule has 0 aliphatic carbocycles. The number of aryl methyl sites for hydroxylation is 1. The fourth-order valence-electron chi connectivity index (χ4n) is 1.59. The van der Waals surface area contributed by atoms with Gasteiger partial charge in [-0.15, -0.1) is 11.3 Å². The molecule has 0 aliphatic rings. The van der Waals surface area contributed by atoms with Crippen molar-refractivity contribution in [1.29, 1.82) is 0 Å². The van der Waals surface area contributed by atoms with Gasteiger partial charge >= 0.3 is 0 Å². The minimum absolute atomic E-state index is 0.0802. The van der Waals surface area contributed by atoms with Crippen molar-refractivity contribution >= 4 is 34.5 Å². The number of thiocarbonyl (C=S) groups is 1. The molecule has 1 heterocycles. The van der Waals surface area contributed by atoms with Crippen molar-refractivity contribution in [3.05, 3.63) is 21.9 Å². The van der Waals surface area contributed by atoms with Crippen LogP contribution in [0.5, 0.6) is 0 Å². The maximum atomic E-state index is 12.1. The van der Waals surface area contributed by atoms with Crippen LogP contribution in [0.2, 0.25) is 0 Å². The van der Waals surface area contributed by atoms with Gasteiger partial charge in [0.2, 0.25) is 0 Å². The Morgan fingerprint density at radius 2 is 2.24 bits per heavy atom. The molecule has 0 radical (unpaired) electrons. The molecular formula is C12H18N2OS2. The molecule has 94 valence electrons. The summed E-state index contributed by atoms with van der Waals surface area (Å²) in [7, 11) is 0. The van der Waals surface area contributed by atoms with Crippen LogP contribution in [0.3, 0.4) is 0 Å². The van der Waals surface area contributed by atoms with Crippen molar-refractivity contribution < 1.29 is 4.79 Å². The molecule has 0 aliphatic heterocycles. The third-order valence-electron chi connectivity index (χ3n) is 2.59. The summed E-state index contributed by atoms with van der Waals surface area (Å²) < 4.78 is 0. The van der Waals surface area contributed by atoms with Crippen molar-refractivity contribution in [1.82, 2.24) is 5.32 Å². The minimum Gasteiger partial charge on any atom is -0.392 e. The lowest BCUT2D eigenvalue weighted by atomic mass is 10.0. The van der Waals surface area contributed by atoms with Crippen LogP contribution >= 0.6 is 23.6 Å². The highest BCUT2D eigenvalue weighted by atomic mass is 32.1. The van der Waals surface area contributed by atoms with Gasteiger partial charge in [0.25, 0.3) is 5.91 Å². The van der Waals surface area contributed by atoms with Crippen LogP contribution < -0.4 is 11.1 Å². The Balaban J connectivity index is 2.81. The molecule has 1 amide bonds. The number of carbonyl (C=O) groups excluding carboxylic acids is 1. The molecule has 0 aromatic carbocycles. The number of carbonyl (C=O) groups is 1. The molecule has 1 atom stereocenters. The van der Waals surface area contributed by atoms with Gasteiger partial charge in [0.15, 0.2) is 0 Å². The molecule has 0 spiro atoms. The molecule has 0 fully saturated rings. The zero-order chi connectivity index (χ0) is 13.0. The van der Waals surface area contributed by atoms with E-state index in [0.29, 0.717) is 4.99 Å². The Morgan fingerprint density at radius 3 is 2.71 bits per heavy atom. The minimum atomic E-state index is -0.246. The molecule has 0 saturated heterocycles. The fraction of sp³-hybridized carbons (Fsp3) is 0.500. The topological polar surface area (TPSA) is 55.1 Å². The summed E-state index contributed by atoms with van der Waals surface area (Å²) in [6, 6.07) is 1.73. The number of hydrogen-bond donors (Lipinski definition) is 2. The standard InChI is InChI=1S/C12H18N2OS2/c1-4-8-5-6-17-10(8)12(15)14-9(7(2)3)11(13)16/h5-7,9H,4H2,1-3H3,(H2,13,16)(H,14,15). The predicted octanol–water partition coefficient (Wildman–Crippen LogP) is 2.35. The fourth-order valence-corrected chi connectivity index (χ4v) is 2.82. The van der Waals surface area contributed by atoms with Crippen LogP contribution in [0.15, 0.2) is 11.4 Å².